The topological polar surface area (TPSA) is 75.1 Å². The molecule has 0 saturated heterocycles. The Labute approximate surface area is 127 Å². The van der Waals surface area contributed by atoms with Gasteiger partial charge in [0, 0.05) is 22.8 Å². The number of aryl methyl sites for hydroxylation is 1. The maximum Gasteiger partial charge on any atom is 0.270 e. The number of hydrogen-bond donors (Lipinski definition) is 2. The van der Waals surface area contributed by atoms with Crippen LogP contribution in [0.15, 0.2) is 23.7 Å². The number of carbonyl (C=O) groups excluding carboxylic acids is 1. The Morgan fingerprint density at radius 2 is 2.33 bits per heavy atom. The maximum absolute atomic E-state index is 12.1. The summed E-state index contributed by atoms with van der Waals surface area (Å²) in [6, 6.07) is 3.14. The Bertz CT molecular complexity index is 683. The fourth-order valence-electron chi connectivity index (χ4n) is 1.65. The van der Waals surface area contributed by atoms with E-state index >= 15 is 0 Å². The van der Waals surface area contributed by atoms with Gasteiger partial charge in [-0.25, -0.2) is 9.97 Å². The van der Waals surface area contributed by atoms with Crippen LogP contribution in [0, 0.1) is 18.8 Å². The molecule has 108 valence electrons. The van der Waals surface area contributed by atoms with Crippen LogP contribution in [-0.4, -0.2) is 27.6 Å². The van der Waals surface area contributed by atoms with Gasteiger partial charge in [0.25, 0.3) is 5.91 Å². The maximum atomic E-state index is 12.1. The standard InChI is InChI=1S/C15H15N3O2S/c1-10-9-21-15(17-10)11(2)18-14(20)13-6-5-12(8-16-13)4-3-7-19/h5-6,8-9,11,19H,7H2,1-2H3,(H,18,20). The first-order valence-electron chi connectivity index (χ1n) is 6.39. The molecule has 1 amide bonds. The molecule has 5 nitrogen and oxygen atoms in total. The van der Waals surface area contributed by atoms with Crippen molar-refractivity contribution in [3.05, 3.63) is 45.7 Å². The summed E-state index contributed by atoms with van der Waals surface area (Å²) in [4.78, 5) is 20.5. The van der Waals surface area contributed by atoms with Crippen LogP contribution in [0.2, 0.25) is 0 Å². The van der Waals surface area contributed by atoms with E-state index in [1.54, 1.807) is 12.1 Å². The van der Waals surface area contributed by atoms with Crippen molar-refractivity contribution in [2.45, 2.75) is 19.9 Å². The fourth-order valence-corrected chi connectivity index (χ4v) is 2.45. The van der Waals surface area contributed by atoms with Crippen LogP contribution in [-0.2, 0) is 0 Å². The zero-order valence-corrected chi connectivity index (χ0v) is 12.6. The third kappa shape index (κ3) is 4.12. The van der Waals surface area contributed by atoms with Crippen LogP contribution in [0.25, 0.3) is 0 Å². The zero-order valence-electron chi connectivity index (χ0n) is 11.8. The Kier molecular flexibility index (Phi) is 5.04. The van der Waals surface area contributed by atoms with E-state index in [0.717, 1.165) is 10.7 Å². The molecular formula is C15H15N3O2S. The molecule has 0 fully saturated rings. The number of pyridine rings is 1. The highest BCUT2D eigenvalue weighted by Crippen LogP contribution is 2.17. The van der Waals surface area contributed by atoms with Crippen molar-refractivity contribution in [2.24, 2.45) is 0 Å². The van der Waals surface area contributed by atoms with Crippen LogP contribution in [0.3, 0.4) is 0 Å². The van der Waals surface area contributed by atoms with E-state index in [1.807, 2.05) is 19.2 Å². The predicted molar refractivity (Wildman–Crippen MR) is 80.9 cm³/mol. The lowest BCUT2D eigenvalue weighted by molar-refractivity contribution is 0.0935. The van der Waals surface area contributed by atoms with Crippen molar-refractivity contribution in [3.63, 3.8) is 0 Å². The van der Waals surface area contributed by atoms with Gasteiger partial charge in [0.15, 0.2) is 0 Å². The molecule has 0 aromatic carbocycles. The van der Waals surface area contributed by atoms with Crippen molar-refractivity contribution in [1.82, 2.24) is 15.3 Å². The monoisotopic (exact) mass is 301 g/mol. The van der Waals surface area contributed by atoms with Gasteiger partial charge in [-0.15, -0.1) is 11.3 Å². The average molecular weight is 301 g/mol. The number of aromatic nitrogens is 2. The van der Waals surface area contributed by atoms with Crippen molar-refractivity contribution in [1.29, 1.82) is 0 Å². The number of carbonyl (C=O) groups is 1. The van der Waals surface area contributed by atoms with Gasteiger partial charge in [-0.1, -0.05) is 11.8 Å². The van der Waals surface area contributed by atoms with Gasteiger partial charge in [-0.05, 0) is 26.0 Å². The van der Waals surface area contributed by atoms with Gasteiger partial charge in [0.1, 0.15) is 17.3 Å². The number of aliphatic hydroxyl groups is 1. The molecule has 0 aliphatic carbocycles. The minimum atomic E-state index is -0.253. The Balaban J connectivity index is 2.03. The largest absolute Gasteiger partial charge is 0.384 e. The molecule has 2 aromatic heterocycles. The van der Waals surface area contributed by atoms with E-state index in [-0.39, 0.29) is 18.6 Å². The number of amides is 1. The van der Waals surface area contributed by atoms with Gasteiger partial charge in [-0.2, -0.15) is 0 Å². The van der Waals surface area contributed by atoms with E-state index in [1.165, 1.54) is 17.5 Å². The number of rotatable bonds is 3. The highest BCUT2D eigenvalue weighted by Gasteiger charge is 2.14. The molecule has 1 atom stereocenters. The molecule has 0 radical (unpaired) electrons. The predicted octanol–water partition coefficient (Wildman–Crippen LogP) is 1.68. The van der Waals surface area contributed by atoms with E-state index in [2.05, 4.69) is 27.1 Å². The first-order valence-corrected chi connectivity index (χ1v) is 7.27. The Morgan fingerprint density at radius 1 is 1.52 bits per heavy atom. The molecule has 0 bridgehead atoms. The lowest BCUT2D eigenvalue weighted by atomic mass is 10.2. The summed E-state index contributed by atoms with van der Waals surface area (Å²) < 4.78 is 0. The third-order valence-corrected chi connectivity index (χ3v) is 3.81. The lowest BCUT2D eigenvalue weighted by Gasteiger charge is -2.10. The second-order valence-electron chi connectivity index (χ2n) is 4.41. The minimum absolute atomic E-state index is 0.160. The smallest absolute Gasteiger partial charge is 0.270 e. The van der Waals surface area contributed by atoms with Gasteiger partial charge >= 0.3 is 0 Å². The summed E-state index contributed by atoms with van der Waals surface area (Å²) in [5.41, 5.74) is 1.93. The molecule has 2 heterocycles. The van der Waals surface area contributed by atoms with Crippen LogP contribution < -0.4 is 5.32 Å². The number of nitrogens with one attached hydrogen (secondary N) is 1. The number of nitrogens with zero attached hydrogens (tertiary/aromatic N) is 2. The van der Waals surface area contributed by atoms with Gasteiger partial charge in [0.05, 0.1) is 6.04 Å². The summed E-state index contributed by atoms with van der Waals surface area (Å²) in [6.45, 7) is 3.60. The zero-order chi connectivity index (χ0) is 15.2. The second-order valence-corrected chi connectivity index (χ2v) is 5.30. The summed E-state index contributed by atoms with van der Waals surface area (Å²) in [5, 5.41) is 14.3. The summed E-state index contributed by atoms with van der Waals surface area (Å²) in [7, 11) is 0. The molecule has 0 saturated carbocycles. The Hall–Kier alpha value is -2.23. The van der Waals surface area contributed by atoms with Crippen molar-refractivity contribution >= 4 is 17.2 Å². The highest BCUT2D eigenvalue weighted by atomic mass is 32.1. The highest BCUT2D eigenvalue weighted by molar-refractivity contribution is 7.09. The molecular weight excluding hydrogens is 286 g/mol. The molecule has 6 heteroatoms. The fraction of sp³-hybridized carbons (Fsp3) is 0.267. The first kappa shape index (κ1) is 15.2. The van der Waals surface area contributed by atoms with Gasteiger partial charge in [0.2, 0.25) is 0 Å². The van der Waals surface area contributed by atoms with Crippen LogP contribution in [0.5, 0.6) is 0 Å². The van der Waals surface area contributed by atoms with Crippen LogP contribution in [0.4, 0.5) is 0 Å². The van der Waals surface area contributed by atoms with Gasteiger partial charge < -0.3 is 10.4 Å². The molecule has 2 rings (SSSR count). The average Bonchev–Trinajstić information content (AvgIpc) is 2.92. The Morgan fingerprint density at radius 3 is 2.90 bits per heavy atom. The van der Waals surface area contributed by atoms with Crippen LogP contribution in [0.1, 0.15) is 39.7 Å². The third-order valence-electron chi connectivity index (χ3n) is 2.66. The molecule has 0 aliphatic heterocycles. The summed E-state index contributed by atoms with van der Waals surface area (Å²) in [5.74, 6) is 5.00. The minimum Gasteiger partial charge on any atom is -0.384 e. The molecule has 0 spiro atoms. The van der Waals surface area contributed by atoms with Crippen molar-refractivity contribution < 1.29 is 9.90 Å². The van der Waals surface area contributed by atoms with Crippen LogP contribution >= 0.6 is 11.3 Å². The molecule has 0 aliphatic rings. The first-order chi connectivity index (χ1) is 10.1. The quantitative estimate of drug-likeness (QED) is 0.846. The van der Waals surface area contributed by atoms with E-state index in [4.69, 9.17) is 5.11 Å². The van der Waals surface area contributed by atoms with E-state index in [9.17, 15) is 4.79 Å². The molecule has 1 unspecified atom stereocenters. The number of hydrogen-bond acceptors (Lipinski definition) is 5. The van der Waals surface area contributed by atoms with Gasteiger partial charge in [-0.3, -0.25) is 4.79 Å². The van der Waals surface area contributed by atoms with E-state index in [0.29, 0.717) is 11.3 Å². The molecule has 21 heavy (non-hydrogen) atoms. The second kappa shape index (κ2) is 6.97. The van der Waals surface area contributed by atoms with Crippen molar-refractivity contribution in [2.75, 3.05) is 6.61 Å². The number of thiazole rings is 1. The molecule has 2 aromatic rings. The SMILES string of the molecule is Cc1csc(C(C)NC(=O)c2ccc(C#CCO)cn2)n1. The normalized spacial score (nSPS) is 11.4. The number of aliphatic hydroxyl groups excluding tert-OH is 1. The molecule has 2 N–H and O–H groups in total. The lowest BCUT2D eigenvalue weighted by Crippen LogP contribution is -2.27. The van der Waals surface area contributed by atoms with E-state index < -0.39 is 0 Å². The van der Waals surface area contributed by atoms with Crippen molar-refractivity contribution in [3.8, 4) is 11.8 Å². The summed E-state index contributed by atoms with van der Waals surface area (Å²) >= 11 is 1.52. The summed E-state index contributed by atoms with van der Waals surface area (Å²) in [6.07, 6.45) is 1.51.